The third kappa shape index (κ3) is 8.23. The van der Waals surface area contributed by atoms with Crippen LogP contribution in [0.1, 0.15) is 63.7 Å². The number of rotatable bonds is 13. The molecule has 38 heavy (non-hydrogen) atoms. The van der Waals surface area contributed by atoms with Crippen molar-refractivity contribution in [1.82, 2.24) is 0 Å². The summed E-state index contributed by atoms with van der Waals surface area (Å²) in [5.74, 6) is -0.362. The lowest BCUT2D eigenvalue weighted by Gasteiger charge is -2.15. The van der Waals surface area contributed by atoms with Crippen LogP contribution in [0, 0.1) is 0 Å². The topological polar surface area (TPSA) is 75.0 Å². The van der Waals surface area contributed by atoms with Gasteiger partial charge < -0.3 is 18.6 Å². The minimum atomic E-state index is -0.730. The summed E-state index contributed by atoms with van der Waals surface area (Å²) in [6.45, 7) is 8.75. The van der Waals surface area contributed by atoms with Gasteiger partial charge in [-0.2, -0.15) is 0 Å². The van der Waals surface area contributed by atoms with Gasteiger partial charge in [-0.05, 0) is 76.8 Å². The second kappa shape index (κ2) is 14.6. The van der Waals surface area contributed by atoms with Crippen LogP contribution in [0.3, 0.4) is 0 Å². The van der Waals surface area contributed by atoms with Crippen LogP contribution in [0.25, 0.3) is 11.0 Å². The number of benzene rings is 2. The molecule has 0 amide bonds. The molecule has 2 aromatic carbocycles. The molecule has 0 saturated heterocycles. The van der Waals surface area contributed by atoms with E-state index >= 15 is 0 Å². The molecule has 0 radical (unpaired) electrons. The molecule has 0 unspecified atom stereocenters. The second-order valence-corrected chi connectivity index (χ2v) is 9.13. The molecule has 0 fully saturated rings. The maximum absolute atomic E-state index is 13.0. The lowest BCUT2D eigenvalue weighted by molar-refractivity contribution is 0.0730. The van der Waals surface area contributed by atoms with Crippen molar-refractivity contribution < 1.29 is 23.4 Å². The Balaban J connectivity index is 1.97. The molecule has 3 aromatic rings. The van der Waals surface area contributed by atoms with Crippen molar-refractivity contribution in [1.29, 1.82) is 0 Å². The van der Waals surface area contributed by atoms with Crippen molar-refractivity contribution in [3.63, 3.8) is 0 Å². The molecule has 3 rings (SSSR count). The minimum Gasteiger partial charge on any atom is -0.492 e. The fourth-order valence-corrected chi connectivity index (χ4v) is 3.72. The Labute approximate surface area is 224 Å². The molecule has 0 aliphatic rings. The predicted octanol–water partition coefficient (Wildman–Crippen LogP) is 7.82. The smallest absolute Gasteiger partial charge is 0.383 e. The summed E-state index contributed by atoms with van der Waals surface area (Å²) in [5, 5.41) is 0.370. The zero-order chi connectivity index (χ0) is 27.3. The summed E-state index contributed by atoms with van der Waals surface area (Å²) in [4.78, 5) is 26.0. The summed E-state index contributed by atoms with van der Waals surface area (Å²) < 4.78 is 23.3. The van der Waals surface area contributed by atoms with Gasteiger partial charge in [0, 0.05) is 0 Å². The first-order valence-corrected chi connectivity index (χ1v) is 13.0. The third-order valence-corrected chi connectivity index (χ3v) is 5.71. The number of hydrogen-bond donors (Lipinski definition) is 0. The molecular weight excluding hydrogens is 480 g/mol. The molecule has 6 heteroatoms. The quantitative estimate of drug-likeness (QED) is 0.0998. The maximum Gasteiger partial charge on any atom is 0.383 e. The van der Waals surface area contributed by atoms with Crippen LogP contribution in [0.2, 0.25) is 0 Å². The first-order chi connectivity index (χ1) is 18.4. The van der Waals surface area contributed by atoms with Crippen LogP contribution in [0.4, 0.5) is 0 Å². The lowest BCUT2D eigenvalue weighted by atomic mass is 10.1. The van der Waals surface area contributed by atoms with E-state index in [2.05, 4.69) is 32.9 Å². The fraction of sp³-hybridized carbons (Fsp3) is 0.312. The molecule has 1 aromatic heterocycles. The monoisotopic (exact) mass is 516 g/mol. The van der Waals surface area contributed by atoms with Gasteiger partial charge in [-0.1, -0.05) is 60.6 Å². The van der Waals surface area contributed by atoms with Crippen LogP contribution < -0.4 is 19.8 Å². The number of ether oxygens (including phenoxy) is 3. The SMILES string of the molecule is CC/C=C/CCOc1cccc2oc(=O)c(OC/C=C(\C)CCC=C(C)C)c(OC(=O)c3ccccc3)c12. The highest BCUT2D eigenvalue weighted by Gasteiger charge is 2.24. The van der Waals surface area contributed by atoms with Crippen molar-refractivity contribution in [3.05, 3.63) is 100.0 Å². The number of carbonyl (C=O) groups is 1. The Morgan fingerprint density at radius 3 is 2.42 bits per heavy atom. The normalized spacial score (nSPS) is 11.5. The van der Waals surface area contributed by atoms with Crippen molar-refractivity contribution in [2.75, 3.05) is 13.2 Å². The summed E-state index contributed by atoms with van der Waals surface area (Å²) in [7, 11) is 0. The molecule has 200 valence electrons. The summed E-state index contributed by atoms with van der Waals surface area (Å²) in [5.41, 5.74) is 2.25. The molecule has 0 aliphatic carbocycles. The van der Waals surface area contributed by atoms with Gasteiger partial charge in [-0.3, -0.25) is 0 Å². The van der Waals surface area contributed by atoms with Crippen molar-refractivity contribution >= 4 is 16.9 Å². The van der Waals surface area contributed by atoms with Crippen molar-refractivity contribution in [2.24, 2.45) is 0 Å². The molecule has 0 N–H and O–H groups in total. The molecule has 1 heterocycles. The van der Waals surface area contributed by atoms with E-state index in [1.165, 1.54) is 5.57 Å². The van der Waals surface area contributed by atoms with E-state index in [4.69, 9.17) is 18.6 Å². The Bertz CT molecular complexity index is 1360. The second-order valence-electron chi connectivity index (χ2n) is 9.13. The largest absolute Gasteiger partial charge is 0.492 e. The van der Waals surface area contributed by atoms with Crippen molar-refractivity contribution in [3.8, 4) is 17.2 Å². The lowest BCUT2D eigenvalue weighted by Crippen LogP contribution is -2.15. The predicted molar refractivity (Wildman–Crippen MR) is 151 cm³/mol. The van der Waals surface area contributed by atoms with Gasteiger partial charge in [-0.15, -0.1) is 0 Å². The number of allylic oxidation sites excluding steroid dienone is 4. The highest BCUT2D eigenvalue weighted by Crippen LogP contribution is 2.39. The molecule has 0 spiro atoms. The van der Waals surface area contributed by atoms with Gasteiger partial charge >= 0.3 is 11.6 Å². The molecule has 0 saturated carbocycles. The minimum absolute atomic E-state index is 0.0135. The number of carbonyl (C=O) groups excluding carboxylic acids is 1. The van der Waals surface area contributed by atoms with Gasteiger partial charge in [0.05, 0.1) is 12.2 Å². The Morgan fingerprint density at radius 2 is 1.68 bits per heavy atom. The van der Waals surface area contributed by atoms with E-state index < -0.39 is 11.6 Å². The van der Waals surface area contributed by atoms with E-state index in [1.807, 2.05) is 25.1 Å². The van der Waals surface area contributed by atoms with E-state index in [-0.39, 0.29) is 23.7 Å². The Morgan fingerprint density at radius 1 is 0.895 bits per heavy atom. The van der Waals surface area contributed by atoms with Gasteiger partial charge in [0.25, 0.3) is 0 Å². The highest BCUT2D eigenvalue weighted by molar-refractivity contribution is 5.97. The van der Waals surface area contributed by atoms with Crippen LogP contribution in [-0.4, -0.2) is 19.2 Å². The first kappa shape index (κ1) is 28.5. The van der Waals surface area contributed by atoms with E-state index in [0.29, 0.717) is 29.7 Å². The standard InChI is InChI=1S/C32H36O6/c1-5-6-7-11-21-35-26-18-13-19-27-28(26)29(38-31(33)25-16-9-8-10-17-25)30(32(34)37-27)36-22-20-24(4)15-12-14-23(2)3/h6-10,13-14,16-20H,5,11-12,15,21-22H2,1-4H3/b7-6+,24-20+. The third-order valence-electron chi connectivity index (χ3n) is 5.71. The molecule has 6 nitrogen and oxygen atoms in total. The van der Waals surface area contributed by atoms with Gasteiger partial charge in [0.2, 0.25) is 5.75 Å². The molecule has 0 bridgehead atoms. The Hall–Kier alpha value is -4.06. The van der Waals surface area contributed by atoms with Crippen LogP contribution >= 0.6 is 0 Å². The zero-order valence-corrected chi connectivity index (χ0v) is 22.6. The van der Waals surface area contributed by atoms with Gasteiger partial charge in [0.15, 0.2) is 5.75 Å². The fourth-order valence-electron chi connectivity index (χ4n) is 3.72. The molecular formula is C32H36O6. The van der Waals surface area contributed by atoms with Crippen LogP contribution in [0.15, 0.2) is 93.2 Å². The molecule has 0 aliphatic heterocycles. The first-order valence-electron chi connectivity index (χ1n) is 13.0. The van der Waals surface area contributed by atoms with Crippen LogP contribution in [0.5, 0.6) is 17.2 Å². The van der Waals surface area contributed by atoms with E-state index in [0.717, 1.165) is 24.8 Å². The van der Waals surface area contributed by atoms with E-state index in [1.54, 1.807) is 42.5 Å². The summed E-state index contributed by atoms with van der Waals surface area (Å²) >= 11 is 0. The van der Waals surface area contributed by atoms with Crippen LogP contribution in [-0.2, 0) is 0 Å². The average Bonchev–Trinajstić information content (AvgIpc) is 2.90. The van der Waals surface area contributed by atoms with Gasteiger partial charge in [0.1, 0.15) is 23.3 Å². The summed E-state index contributed by atoms with van der Waals surface area (Å²) in [6, 6.07) is 13.7. The number of fused-ring (bicyclic) bond motifs is 1. The maximum atomic E-state index is 13.0. The summed E-state index contributed by atoms with van der Waals surface area (Å²) in [6.07, 6.45) is 11.7. The number of hydrogen-bond acceptors (Lipinski definition) is 6. The van der Waals surface area contributed by atoms with Crippen molar-refractivity contribution in [2.45, 2.75) is 53.4 Å². The zero-order valence-electron chi connectivity index (χ0n) is 22.6. The highest BCUT2D eigenvalue weighted by atomic mass is 16.6. The average molecular weight is 517 g/mol. The molecule has 0 atom stereocenters. The Kier molecular flexibility index (Phi) is 11.0. The van der Waals surface area contributed by atoms with Gasteiger partial charge in [-0.25, -0.2) is 9.59 Å². The van der Waals surface area contributed by atoms with E-state index in [9.17, 15) is 9.59 Å². The number of esters is 1.